The van der Waals surface area contributed by atoms with Crippen molar-refractivity contribution in [2.45, 2.75) is 18.9 Å². The molecule has 2 aromatic heterocycles. The maximum Gasteiger partial charge on any atom is 0.251 e. The van der Waals surface area contributed by atoms with E-state index in [9.17, 15) is 13.6 Å². The largest absolute Gasteiger partial charge is 0.461 e. The molecule has 5 aromatic rings. The molecule has 0 saturated heterocycles. The molecule has 0 spiro atoms. The first-order chi connectivity index (χ1) is 18.5. The van der Waals surface area contributed by atoms with Gasteiger partial charge in [0.25, 0.3) is 5.91 Å². The Labute approximate surface area is 217 Å². The highest BCUT2D eigenvalue weighted by atomic mass is 19.1. The normalized spacial score (nSPS) is 12.5. The predicted octanol–water partition coefficient (Wildman–Crippen LogP) is 5.76. The Morgan fingerprint density at radius 1 is 1.05 bits per heavy atom. The summed E-state index contributed by atoms with van der Waals surface area (Å²) in [5, 5.41) is 3.01. The van der Waals surface area contributed by atoms with Gasteiger partial charge in [-0.3, -0.25) is 9.79 Å². The van der Waals surface area contributed by atoms with Crippen molar-refractivity contribution in [1.29, 1.82) is 0 Å². The summed E-state index contributed by atoms with van der Waals surface area (Å²) >= 11 is 0. The van der Waals surface area contributed by atoms with Crippen molar-refractivity contribution < 1.29 is 18.0 Å². The highest BCUT2D eigenvalue weighted by Gasteiger charge is 2.20. The first-order valence-corrected chi connectivity index (χ1v) is 12.1. The number of amidine groups is 1. The van der Waals surface area contributed by atoms with Crippen LogP contribution in [-0.4, -0.2) is 28.3 Å². The number of amides is 1. The molecule has 4 N–H and O–H groups in total. The number of aliphatic imine (C=N–C) groups is 1. The van der Waals surface area contributed by atoms with Crippen LogP contribution in [-0.2, 0) is 0 Å². The number of carbonyl (C=O) groups is 1. The molecule has 0 aliphatic heterocycles. The number of nitrogens with two attached hydrogens (primary N) is 1. The van der Waals surface area contributed by atoms with Crippen molar-refractivity contribution in [1.82, 2.24) is 15.3 Å². The van der Waals surface area contributed by atoms with Crippen molar-refractivity contribution >= 4 is 22.8 Å². The number of hydrogen-bond acceptors (Lipinski definition) is 4. The Morgan fingerprint density at radius 2 is 1.87 bits per heavy atom. The average Bonchev–Trinajstić information content (AvgIpc) is 3.61. The summed E-state index contributed by atoms with van der Waals surface area (Å²) in [6.07, 6.45) is 2.61. The van der Waals surface area contributed by atoms with Gasteiger partial charge in [-0.15, -0.1) is 0 Å². The van der Waals surface area contributed by atoms with Crippen molar-refractivity contribution in [3.63, 3.8) is 0 Å². The Hall–Kier alpha value is -4.79. The fraction of sp³-hybridized carbons (Fsp3) is 0.138. The van der Waals surface area contributed by atoms with Crippen LogP contribution in [0.3, 0.4) is 0 Å². The van der Waals surface area contributed by atoms with Crippen molar-refractivity contribution in [2.24, 2.45) is 10.7 Å². The zero-order valence-corrected chi connectivity index (χ0v) is 20.3. The number of aromatic nitrogens is 2. The van der Waals surface area contributed by atoms with Gasteiger partial charge in [-0.05, 0) is 66.9 Å². The van der Waals surface area contributed by atoms with Gasteiger partial charge in [-0.1, -0.05) is 30.3 Å². The number of imidazole rings is 1. The van der Waals surface area contributed by atoms with E-state index in [1.54, 1.807) is 60.7 Å². The number of carbonyl (C=O) groups excluding carboxylic acids is 1. The van der Waals surface area contributed by atoms with Gasteiger partial charge in [0.05, 0.1) is 23.3 Å². The molecule has 0 fully saturated rings. The third kappa shape index (κ3) is 5.62. The second kappa shape index (κ2) is 11.1. The third-order valence-electron chi connectivity index (χ3n) is 6.14. The summed E-state index contributed by atoms with van der Waals surface area (Å²) < 4.78 is 33.1. The van der Waals surface area contributed by atoms with Gasteiger partial charge < -0.3 is 20.5 Å². The second-order valence-electron chi connectivity index (χ2n) is 8.75. The lowest BCUT2D eigenvalue weighted by molar-refractivity contribution is 0.0932. The van der Waals surface area contributed by atoms with Crippen LogP contribution in [0.15, 0.2) is 94.5 Å². The van der Waals surface area contributed by atoms with E-state index in [0.29, 0.717) is 64.5 Å². The van der Waals surface area contributed by atoms with E-state index in [-0.39, 0.29) is 17.5 Å². The standard InChI is InChI=1S/C29H25F2N5O2/c30-20-13-14-23-25(17-20)35-28(34-23)24(7-3-15-33-27(32)26-8-4-16-38-26)36-29(37)19-11-9-18(10-12-19)21-5-1-2-6-22(21)31/h1-2,4-6,8-14,16-17,24H,3,7,15H2,(H2,32,33)(H,34,35)(H,36,37). The number of rotatable bonds is 9. The quantitative estimate of drug-likeness (QED) is 0.132. The number of H-pyrrole nitrogens is 1. The van der Waals surface area contributed by atoms with E-state index in [1.165, 1.54) is 24.5 Å². The molecule has 1 unspecified atom stereocenters. The molecule has 0 saturated carbocycles. The van der Waals surface area contributed by atoms with Gasteiger partial charge in [-0.2, -0.15) is 0 Å². The number of halogens is 2. The lowest BCUT2D eigenvalue weighted by atomic mass is 10.0. The molecule has 1 atom stereocenters. The fourth-order valence-electron chi connectivity index (χ4n) is 4.18. The number of hydrogen-bond donors (Lipinski definition) is 3. The van der Waals surface area contributed by atoms with Gasteiger partial charge in [0.1, 0.15) is 17.5 Å². The molecule has 3 aromatic carbocycles. The van der Waals surface area contributed by atoms with E-state index < -0.39 is 6.04 Å². The van der Waals surface area contributed by atoms with E-state index in [2.05, 4.69) is 20.3 Å². The average molecular weight is 514 g/mol. The maximum absolute atomic E-state index is 14.1. The summed E-state index contributed by atoms with van der Waals surface area (Å²) in [6, 6.07) is 20.4. The minimum atomic E-state index is -0.496. The molecule has 1 amide bonds. The summed E-state index contributed by atoms with van der Waals surface area (Å²) in [5.74, 6) is 0.260. The first-order valence-electron chi connectivity index (χ1n) is 12.1. The minimum absolute atomic E-state index is 0.296. The molecule has 0 aliphatic rings. The van der Waals surface area contributed by atoms with Gasteiger partial charge in [0, 0.05) is 17.7 Å². The Balaban J connectivity index is 1.33. The van der Waals surface area contributed by atoms with Crippen LogP contribution in [0.2, 0.25) is 0 Å². The molecule has 9 heteroatoms. The highest BCUT2D eigenvalue weighted by Crippen LogP contribution is 2.24. The van der Waals surface area contributed by atoms with Crippen molar-refractivity contribution in [3.05, 3.63) is 114 Å². The molecular formula is C29H25F2N5O2. The lowest BCUT2D eigenvalue weighted by Gasteiger charge is -2.17. The number of aromatic amines is 1. The maximum atomic E-state index is 14.1. The van der Waals surface area contributed by atoms with Crippen LogP contribution >= 0.6 is 0 Å². The third-order valence-corrected chi connectivity index (χ3v) is 6.14. The summed E-state index contributed by atoms with van der Waals surface area (Å²) in [5.41, 5.74) is 8.63. The number of nitrogens with one attached hydrogen (secondary N) is 2. The fourth-order valence-corrected chi connectivity index (χ4v) is 4.18. The van der Waals surface area contributed by atoms with Crippen LogP contribution in [0.25, 0.3) is 22.2 Å². The van der Waals surface area contributed by atoms with E-state index in [4.69, 9.17) is 10.2 Å². The van der Waals surface area contributed by atoms with Gasteiger partial charge in [0.2, 0.25) is 0 Å². The second-order valence-corrected chi connectivity index (χ2v) is 8.75. The van der Waals surface area contributed by atoms with Crippen LogP contribution < -0.4 is 11.1 Å². The highest BCUT2D eigenvalue weighted by molar-refractivity contribution is 5.95. The number of benzene rings is 3. The summed E-state index contributed by atoms with van der Waals surface area (Å²) in [7, 11) is 0. The van der Waals surface area contributed by atoms with E-state index in [0.717, 1.165) is 0 Å². The van der Waals surface area contributed by atoms with Crippen LogP contribution in [0, 0.1) is 11.6 Å². The Bertz CT molecular complexity index is 1580. The molecule has 0 bridgehead atoms. The van der Waals surface area contributed by atoms with Crippen molar-refractivity contribution in [2.75, 3.05) is 6.54 Å². The van der Waals surface area contributed by atoms with Gasteiger partial charge in [0.15, 0.2) is 11.6 Å². The molecular weight excluding hydrogens is 488 g/mol. The Kier molecular flexibility index (Phi) is 7.26. The first kappa shape index (κ1) is 24.9. The Morgan fingerprint density at radius 3 is 2.63 bits per heavy atom. The number of fused-ring (bicyclic) bond motifs is 1. The molecule has 192 valence electrons. The smallest absolute Gasteiger partial charge is 0.251 e. The van der Waals surface area contributed by atoms with Gasteiger partial charge >= 0.3 is 0 Å². The minimum Gasteiger partial charge on any atom is -0.461 e. The zero-order chi connectivity index (χ0) is 26.5. The van der Waals surface area contributed by atoms with E-state index >= 15 is 0 Å². The number of furan rings is 1. The van der Waals surface area contributed by atoms with Crippen molar-refractivity contribution in [3.8, 4) is 11.1 Å². The summed E-state index contributed by atoms with van der Waals surface area (Å²) in [4.78, 5) is 25.2. The molecule has 38 heavy (non-hydrogen) atoms. The summed E-state index contributed by atoms with van der Waals surface area (Å²) in [6.45, 7) is 0.408. The molecule has 7 nitrogen and oxygen atoms in total. The van der Waals surface area contributed by atoms with Crippen LogP contribution in [0.1, 0.15) is 40.8 Å². The number of nitrogens with zero attached hydrogens (tertiary/aromatic N) is 2. The zero-order valence-electron chi connectivity index (χ0n) is 20.3. The lowest BCUT2D eigenvalue weighted by Crippen LogP contribution is -2.29. The monoisotopic (exact) mass is 513 g/mol. The molecule has 0 radical (unpaired) electrons. The topological polar surface area (TPSA) is 109 Å². The molecule has 5 rings (SSSR count). The molecule has 2 heterocycles. The predicted molar refractivity (Wildman–Crippen MR) is 142 cm³/mol. The van der Waals surface area contributed by atoms with Crippen LogP contribution in [0.5, 0.6) is 0 Å². The van der Waals surface area contributed by atoms with Crippen LogP contribution in [0.4, 0.5) is 8.78 Å². The molecule has 0 aliphatic carbocycles. The van der Waals surface area contributed by atoms with Gasteiger partial charge in [-0.25, -0.2) is 13.8 Å². The van der Waals surface area contributed by atoms with E-state index in [1.807, 2.05) is 0 Å². The SMILES string of the molecule is NC(=NCCCC(NC(=O)c1ccc(-c2ccccc2F)cc1)c1nc2ccc(F)cc2[nH]1)c1ccco1.